The molecule has 4 fully saturated rings. The smallest absolute Gasteiger partial charge is 0.246 e. The van der Waals surface area contributed by atoms with Crippen molar-refractivity contribution < 1.29 is 19.1 Å². The normalized spacial score (nSPS) is 37.0. The molecule has 2 N–H and O–H groups in total. The summed E-state index contributed by atoms with van der Waals surface area (Å²) in [6.07, 6.45) is 12.4. The van der Waals surface area contributed by atoms with E-state index in [-0.39, 0.29) is 29.8 Å². The van der Waals surface area contributed by atoms with Gasteiger partial charge >= 0.3 is 0 Å². The zero-order chi connectivity index (χ0) is 25.7. The van der Waals surface area contributed by atoms with Crippen LogP contribution in [0.2, 0.25) is 5.02 Å². The number of carbonyl (C=O) groups is 3. The van der Waals surface area contributed by atoms with E-state index in [2.05, 4.69) is 17.6 Å². The number of rotatable bonds is 5. The van der Waals surface area contributed by atoms with Gasteiger partial charge in [0.15, 0.2) is 0 Å². The molecule has 6 rings (SSSR count). The minimum Gasteiger partial charge on any atom is -0.359 e. The Morgan fingerprint density at radius 2 is 1.70 bits per heavy atom. The fourth-order valence-corrected chi connectivity index (χ4v) is 7.53. The predicted molar refractivity (Wildman–Crippen MR) is 141 cm³/mol. The fourth-order valence-electron chi connectivity index (χ4n) is 7.41. The lowest BCUT2D eigenvalue weighted by Gasteiger charge is -2.40. The number of anilines is 1. The number of ether oxygens (including phenoxy) is 1. The van der Waals surface area contributed by atoms with Crippen LogP contribution in [0.3, 0.4) is 0 Å². The molecule has 1 aromatic carbocycles. The number of likely N-dealkylation sites (tertiary alicyclic amines) is 1. The summed E-state index contributed by atoms with van der Waals surface area (Å²) in [5.74, 6) is -1.30. The highest BCUT2D eigenvalue weighted by atomic mass is 35.5. The maximum atomic E-state index is 14.2. The van der Waals surface area contributed by atoms with Crippen molar-refractivity contribution in [1.82, 2.24) is 10.2 Å². The molecular weight excluding hydrogens is 490 g/mol. The van der Waals surface area contributed by atoms with Gasteiger partial charge in [-0.3, -0.25) is 14.4 Å². The van der Waals surface area contributed by atoms with Crippen LogP contribution in [-0.4, -0.2) is 52.5 Å². The molecule has 8 heteroatoms. The van der Waals surface area contributed by atoms with Gasteiger partial charge in [0.2, 0.25) is 17.7 Å². The largest absolute Gasteiger partial charge is 0.359 e. The van der Waals surface area contributed by atoms with Gasteiger partial charge in [0, 0.05) is 22.8 Å². The second-order valence-electron chi connectivity index (χ2n) is 11.7. The van der Waals surface area contributed by atoms with Crippen molar-refractivity contribution in [3.05, 3.63) is 41.4 Å². The Kier molecular flexibility index (Phi) is 6.56. The number of hydrogen-bond acceptors (Lipinski definition) is 4. The standard InChI is InChI=1S/C29H36ClN3O4/c1-17-7-13-21(14-8-17)33-25(27(35)32-19-5-3-2-4-6-19)29-16-15-22(37-29)23(24(29)28(33)36)26(34)31-20-11-9-18(30)10-12-20/h9-12,15-17,19,21-25H,2-8,13-14H2,1H3,(H,31,34)(H,32,35). The first-order chi connectivity index (χ1) is 17.9. The first kappa shape index (κ1) is 24.9. The van der Waals surface area contributed by atoms with E-state index in [1.54, 1.807) is 24.3 Å². The van der Waals surface area contributed by atoms with E-state index >= 15 is 0 Å². The SMILES string of the molecule is CC1CCC(N2C(=O)C3C(C(=O)Nc4ccc(Cl)cc4)C4C=CC3(O4)C2C(=O)NC2CCCCC2)CC1. The molecule has 3 heterocycles. The number of amides is 3. The molecule has 1 aromatic rings. The predicted octanol–water partition coefficient (Wildman–Crippen LogP) is 4.46. The lowest BCUT2D eigenvalue weighted by molar-refractivity contribution is -0.145. The highest BCUT2D eigenvalue weighted by Crippen LogP contribution is 2.56. The molecular formula is C29H36ClN3O4. The maximum absolute atomic E-state index is 14.2. The lowest BCUT2D eigenvalue weighted by Crippen LogP contribution is -2.58. The Hall–Kier alpha value is -2.38. The molecule has 2 saturated heterocycles. The molecule has 37 heavy (non-hydrogen) atoms. The van der Waals surface area contributed by atoms with Crippen LogP contribution in [0.4, 0.5) is 5.69 Å². The Balaban J connectivity index is 1.31. The summed E-state index contributed by atoms with van der Waals surface area (Å²) in [5.41, 5.74) is -0.490. The molecule has 1 spiro atoms. The average molecular weight is 526 g/mol. The summed E-state index contributed by atoms with van der Waals surface area (Å²) in [6, 6.07) is 6.29. The van der Waals surface area contributed by atoms with Gasteiger partial charge in [-0.25, -0.2) is 0 Å². The summed E-state index contributed by atoms with van der Waals surface area (Å²) in [5, 5.41) is 6.81. The van der Waals surface area contributed by atoms with Crippen LogP contribution < -0.4 is 10.6 Å². The van der Waals surface area contributed by atoms with Gasteiger partial charge in [0.1, 0.15) is 11.6 Å². The molecule has 5 aliphatic rings. The topological polar surface area (TPSA) is 87.7 Å². The second kappa shape index (κ2) is 9.73. The quantitative estimate of drug-likeness (QED) is 0.556. The van der Waals surface area contributed by atoms with Gasteiger partial charge in [-0.15, -0.1) is 0 Å². The number of nitrogens with one attached hydrogen (secondary N) is 2. The number of nitrogens with zero attached hydrogens (tertiary/aromatic N) is 1. The molecule has 2 aliphatic carbocycles. The minimum atomic E-state index is -1.11. The fraction of sp³-hybridized carbons (Fsp3) is 0.621. The van der Waals surface area contributed by atoms with Gasteiger partial charge in [0.05, 0.1) is 17.9 Å². The number of fused-ring (bicyclic) bond motifs is 1. The van der Waals surface area contributed by atoms with E-state index in [9.17, 15) is 14.4 Å². The van der Waals surface area contributed by atoms with Crippen molar-refractivity contribution in [3.63, 3.8) is 0 Å². The van der Waals surface area contributed by atoms with Crippen LogP contribution in [0, 0.1) is 17.8 Å². The molecule has 0 radical (unpaired) electrons. The van der Waals surface area contributed by atoms with Crippen LogP contribution >= 0.6 is 11.6 Å². The van der Waals surface area contributed by atoms with Gasteiger partial charge in [-0.1, -0.05) is 49.9 Å². The number of benzene rings is 1. The van der Waals surface area contributed by atoms with Crippen molar-refractivity contribution in [2.75, 3.05) is 5.32 Å². The third-order valence-electron chi connectivity index (χ3n) is 9.31. The summed E-state index contributed by atoms with van der Waals surface area (Å²) in [7, 11) is 0. The molecule has 0 aromatic heterocycles. The van der Waals surface area contributed by atoms with E-state index < -0.39 is 29.6 Å². The van der Waals surface area contributed by atoms with Crippen LogP contribution in [-0.2, 0) is 19.1 Å². The molecule has 5 unspecified atom stereocenters. The first-order valence-corrected chi connectivity index (χ1v) is 14.3. The molecule has 3 aliphatic heterocycles. The summed E-state index contributed by atoms with van der Waals surface area (Å²) < 4.78 is 6.49. The highest BCUT2D eigenvalue weighted by Gasteiger charge is 2.73. The second-order valence-corrected chi connectivity index (χ2v) is 12.1. The van der Waals surface area contributed by atoms with Crippen molar-refractivity contribution >= 4 is 35.0 Å². The van der Waals surface area contributed by atoms with E-state index in [4.69, 9.17) is 16.3 Å². The van der Waals surface area contributed by atoms with Crippen molar-refractivity contribution in [2.24, 2.45) is 17.8 Å². The van der Waals surface area contributed by atoms with Crippen LogP contribution in [0.5, 0.6) is 0 Å². The van der Waals surface area contributed by atoms with Gasteiger partial charge in [0.25, 0.3) is 0 Å². The number of carbonyl (C=O) groups excluding carboxylic acids is 3. The first-order valence-electron chi connectivity index (χ1n) is 13.9. The number of halogens is 1. The zero-order valence-corrected chi connectivity index (χ0v) is 22.1. The average Bonchev–Trinajstić information content (AvgIpc) is 3.54. The van der Waals surface area contributed by atoms with Gasteiger partial charge in [-0.2, -0.15) is 0 Å². The van der Waals surface area contributed by atoms with Crippen molar-refractivity contribution in [1.29, 1.82) is 0 Å². The van der Waals surface area contributed by atoms with E-state index in [1.165, 1.54) is 6.42 Å². The third-order valence-corrected chi connectivity index (χ3v) is 9.56. The third kappa shape index (κ3) is 4.28. The van der Waals surface area contributed by atoms with Crippen molar-refractivity contribution in [3.8, 4) is 0 Å². The Labute approximate surface area is 223 Å². The molecule has 2 saturated carbocycles. The summed E-state index contributed by atoms with van der Waals surface area (Å²) in [4.78, 5) is 43.6. The highest BCUT2D eigenvalue weighted by molar-refractivity contribution is 6.30. The van der Waals surface area contributed by atoms with Crippen molar-refractivity contribution in [2.45, 2.75) is 94.5 Å². The van der Waals surface area contributed by atoms with E-state index in [0.29, 0.717) is 16.6 Å². The van der Waals surface area contributed by atoms with Crippen LogP contribution in [0.15, 0.2) is 36.4 Å². The molecule has 3 amide bonds. The minimum absolute atomic E-state index is 0.0122. The molecule has 198 valence electrons. The molecule has 5 atom stereocenters. The van der Waals surface area contributed by atoms with Gasteiger partial charge < -0.3 is 20.3 Å². The Bertz CT molecular complexity index is 1090. The Morgan fingerprint density at radius 1 is 1.00 bits per heavy atom. The number of hydrogen-bond donors (Lipinski definition) is 2. The summed E-state index contributed by atoms with van der Waals surface area (Å²) >= 11 is 6.00. The molecule has 7 nitrogen and oxygen atoms in total. The van der Waals surface area contributed by atoms with Gasteiger partial charge in [-0.05, 0) is 68.7 Å². The van der Waals surface area contributed by atoms with Crippen LogP contribution in [0.25, 0.3) is 0 Å². The van der Waals surface area contributed by atoms with Crippen LogP contribution in [0.1, 0.15) is 64.7 Å². The zero-order valence-electron chi connectivity index (χ0n) is 21.3. The van der Waals surface area contributed by atoms with E-state index in [1.807, 2.05) is 17.1 Å². The lowest BCUT2D eigenvalue weighted by atomic mass is 9.74. The Morgan fingerprint density at radius 3 is 2.41 bits per heavy atom. The maximum Gasteiger partial charge on any atom is 0.246 e. The van der Waals surface area contributed by atoms with E-state index in [0.717, 1.165) is 51.4 Å². The molecule has 2 bridgehead atoms. The monoisotopic (exact) mass is 525 g/mol. The summed E-state index contributed by atoms with van der Waals surface area (Å²) in [6.45, 7) is 2.24.